The van der Waals surface area contributed by atoms with Crippen LogP contribution in [0.25, 0.3) is 0 Å². The van der Waals surface area contributed by atoms with Gasteiger partial charge in [-0.15, -0.1) is 0 Å². The van der Waals surface area contributed by atoms with Crippen molar-refractivity contribution in [2.45, 2.75) is 25.3 Å². The molecule has 1 fully saturated rings. The molecule has 6 heteroatoms. The highest BCUT2D eigenvalue weighted by molar-refractivity contribution is 5.85. The lowest BCUT2D eigenvalue weighted by atomic mass is 10.1. The number of nitrogens with zero attached hydrogens (tertiary/aromatic N) is 1. The minimum absolute atomic E-state index is 0.110. The van der Waals surface area contributed by atoms with Crippen molar-refractivity contribution in [1.29, 1.82) is 5.26 Å². The van der Waals surface area contributed by atoms with Crippen molar-refractivity contribution in [3.63, 3.8) is 0 Å². The minimum Gasteiger partial charge on any atom is -0.480 e. The van der Waals surface area contributed by atoms with Crippen molar-refractivity contribution >= 4 is 11.9 Å². The summed E-state index contributed by atoms with van der Waals surface area (Å²) in [5, 5.41) is 19.6. The van der Waals surface area contributed by atoms with Gasteiger partial charge in [-0.2, -0.15) is 5.26 Å². The summed E-state index contributed by atoms with van der Waals surface area (Å²) in [6.07, 6.45) is 0.861. The number of amides is 1. The van der Waals surface area contributed by atoms with Crippen LogP contribution in [0.2, 0.25) is 0 Å². The molecule has 0 spiro atoms. The molecular formula is C10H14N2O4. The van der Waals surface area contributed by atoms with Crippen molar-refractivity contribution in [3.8, 4) is 6.07 Å². The maximum atomic E-state index is 11.6. The summed E-state index contributed by atoms with van der Waals surface area (Å²) in [5.41, 5.74) is 0. The smallest absolute Gasteiger partial charge is 0.326 e. The average molecular weight is 226 g/mol. The summed E-state index contributed by atoms with van der Waals surface area (Å²) in [5.74, 6) is -1.67. The van der Waals surface area contributed by atoms with Crippen LogP contribution >= 0.6 is 0 Å². The van der Waals surface area contributed by atoms with Crippen LogP contribution in [0.3, 0.4) is 0 Å². The predicted molar refractivity (Wildman–Crippen MR) is 53.3 cm³/mol. The molecule has 0 aliphatic carbocycles. The molecule has 0 bridgehead atoms. The number of carbonyl (C=O) groups excluding carboxylic acids is 1. The van der Waals surface area contributed by atoms with Gasteiger partial charge < -0.3 is 15.2 Å². The highest BCUT2D eigenvalue weighted by atomic mass is 16.5. The summed E-state index contributed by atoms with van der Waals surface area (Å²) >= 11 is 0. The van der Waals surface area contributed by atoms with Crippen molar-refractivity contribution in [2.24, 2.45) is 5.92 Å². The minimum atomic E-state index is -1.11. The molecule has 0 aromatic heterocycles. The number of nitrogens with one attached hydrogen (secondary N) is 1. The summed E-state index contributed by atoms with van der Waals surface area (Å²) in [6, 6.07) is 0.878. The molecule has 2 atom stereocenters. The summed E-state index contributed by atoms with van der Waals surface area (Å²) < 4.78 is 5.04. The summed E-state index contributed by atoms with van der Waals surface area (Å²) in [7, 11) is 0. The number of ether oxygens (including phenoxy) is 1. The average Bonchev–Trinajstić information content (AvgIpc) is 2.76. The van der Waals surface area contributed by atoms with E-state index in [4.69, 9.17) is 15.1 Å². The lowest BCUT2D eigenvalue weighted by Crippen LogP contribution is -2.43. The van der Waals surface area contributed by atoms with Crippen LogP contribution < -0.4 is 5.32 Å². The lowest BCUT2D eigenvalue weighted by molar-refractivity contribution is -0.142. The maximum Gasteiger partial charge on any atom is 0.326 e. The standard InChI is InChI=1S/C10H14N2O4/c11-4-1-2-8(10(14)15)12-9(13)7-3-5-16-6-7/h7-8H,1-3,5-6H2,(H,12,13)(H,14,15)/t7-,8-/m1/s1. The molecule has 0 radical (unpaired) electrons. The van der Waals surface area contributed by atoms with Gasteiger partial charge in [0, 0.05) is 13.0 Å². The number of nitriles is 1. The van der Waals surface area contributed by atoms with E-state index in [9.17, 15) is 9.59 Å². The third-order valence-electron chi connectivity index (χ3n) is 2.46. The normalized spacial score (nSPS) is 21.1. The van der Waals surface area contributed by atoms with Gasteiger partial charge >= 0.3 is 5.97 Å². The molecule has 6 nitrogen and oxygen atoms in total. The van der Waals surface area contributed by atoms with Gasteiger partial charge in [-0.1, -0.05) is 0 Å². The molecule has 0 aromatic carbocycles. The van der Waals surface area contributed by atoms with Crippen LogP contribution in [0, 0.1) is 17.2 Å². The van der Waals surface area contributed by atoms with Crippen LogP contribution in [0.5, 0.6) is 0 Å². The Kier molecular flexibility index (Phi) is 4.73. The molecule has 1 saturated heterocycles. The number of carboxylic acids is 1. The second-order valence-corrected chi connectivity index (χ2v) is 3.66. The first-order valence-electron chi connectivity index (χ1n) is 5.13. The molecule has 88 valence electrons. The monoisotopic (exact) mass is 226 g/mol. The van der Waals surface area contributed by atoms with Crippen molar-refractivity contribution in [2.75, 3.05) is 13.2 Å². The second-order valence-electron chi connectivity index (χ2n) is 3.66. The fourth-order valence-electron chi connectivity index (χ4n) is 1.50. The van der Waals surface area contributed by atoms with Gasteiger partial charge in [-0.3, -0.25) is 4.79 Å². The Morgan fingerprint density at radius 3 is 2.88 bits per heavy atom. The van der Waals surface area contributed by atoms with Crippen LogP contribution in [-0.4, -0.2) is 36.2 Å². The molecule has 1 aliphatic rings. The number of aliphatic carboxylic acids is 1. The zero-order valence-corrected chi connectivity index (χ0v) is 8.81. The fraction of sp³-hybridized carbons (Fsp3) is 0.700. The van der Waals surface area contributed by atoms with E-state index < -0.39 is 12.0 Å². The van der Waals surface area contributed by atoms with Gasteiger partial charge in [0.15, 0.2) is 0 Å². The van der Waals surface area contributed by atoms with Crippen LogP contribution in [0.1, 0.15) is 19.3 Å². The van der Waals surface area contributed by atoms with E-state index in [1.54, 1.807) is 0 Å². The van der Waals surface area contributed by atoms with Gasteiger partial charge in [0.05, 0.1) is 18.6 Å². The molecule has 0 aromatic rings. The van der Waals surface area contributed by atoms with Crippen LogP contribution in [0.15, 0.2) is 0 Å². The van der Waals surface area contributed by atoms with Gasteiger partial charge in [-0.25, -0.2) is 4.79 Å². The molecule has 1 amide bonds. The highest BCUT2D eigenvalue weighted by Crippen LogP contribution is 2.12. The molecular weight excluding hydrogens is 212 g/mol. The first-order valence-corrected chi connectivity index (χ1v) is 5.13. The Bertz CT molecular complexity index is 304. The quantitative estimate of drug-likeness (QED) is 0.681. The van der Waals surface area contributed by atoms with E-state index >= 15 is 0 Å². The first-order chi connectivity index (χ1) is 7.65. The van der Waals surface area contributed by atoms with Gasteiger partial charge in [0.1, 0.15) is 6.04 Å². The number of rotatable bonds is 5. The first kappa shape index (κ1) is 12.5. The van der Waals surface area contributed by atoms with Gasteiger partial charge in [0.25, 0.3) is 0 Å². The van der Waals surface area contributed by atoms with Crippen LogP contribution in [0.4, 0.5) is 0 Å². The molecule has 1 rings (SSSR count). The summed E-state index contributed by atoms with van der Waals surface area (Å²) in [6.45, 7) is 0.879. The lowest BCUT2D eigenvalue weighted by Gasteiger charge is -2.15. The van der Waals surface area contributed by atoms with E-state index in [2.05, 4.69) is 5.32 Å². The Labute approximate surface area is 93.2 Å². The molecule has 1 heterocycles. The fourth-order valence-corrected chi connectivity index (χ4v) is 1.50. The third kappa shape index (κ3) is 3.51. The van der Waals surface area contributed by atoms with Crippen molar-refractivity contribution in [1.82, 2.24) is 5.32 Å². The number of carboxylic acid groups (broad SMARTS) is 1. The zero-order valence-electron chi connectivity index (χ0n) is 8.81. The summed E-state index contributed by atoms with van der Waals surface area (Å²) in [4.78, 5) is 22.4. The Morgan fingerprint density at radius 1 is 1.62 bits per heavy atom. The van der Waals surface area contributed by atoms with Crippen molar-refractivity contribution < 1.29 is 19.4 Å². The molecule has 16 heavy (non-hydrogen) atoms. The molecule has 0 saturated carbocycles. The third-order valence-corrected chi connectivity index (χ3v) is 2.46. The van der Waals surface area contributed by atoms with Crippen LogP contribution in [-0.2, 0) is 14.3 Å². The largest absolute Gasteiger partial charge is 0.480 e. The van der Waals surface area contributed by atoms with E-state index in [1.165, 1.54) is 0 Å². The van der Waals surface area contributed by atoms with Gasteiger partial charge in [-0.05, 0) is 12.8 Å². The van der Waals surface area contributed by atoms with E-state index in [0.29, 0.717) is 19.6 Å². The van der Waals surface area contributed by atoms with Crippen molar-refractivity contribution in [3.05, 3.63) is 0 Å². The number of hydrogen-bond donors (Lipinski definition) is 2. The van der Waals surface area contributed by atoms with Gasteiger partial charge in [0.2, 0.25) is 5.91 Å². The predicted octanol–water partition coefficient (Wildman–Crippen LogP) is -0.104. The van der Waals surface area contributed by atoms with E-state index in [0.717, 1.165) is 0 Å². The highest BCUT2D eigenvalue weighted by Gasteiger charge is 2.27. The zero-order chi connectivity index (χ0) is 12.0. The number of hydrogen-bond acceptors (Lipinski definition) is 4. The van der Waals surface area contributed by atoms with E-state index in [1.807, 2.05) is 6.07 Å². The Morgan fingerprint density at radius 2 is 2.38 bits per heavy atom. The number of carbonyl (C=O) groups is 2. The molecule has 0 unspecified atom stereocenters. The van der Waals surface area contributed by atoms with E-state index in [-0.39, 0.29) is 24.7 Å². The Hall–Kier alpha value is -1.61. The topological polar surface area (TPSA) is 99.4 Å². The Balaban J connectivity index is 2.44. The second kappa shape index (κ2) is 6.08. The molecule has 2 N–H and O–H groups in total. The molecule has 1 aliphatic heterocycles. The SMILES string of the molecule is N#CCC[C@@H](NC(=O)[C@@H]1CCOC1)C(=O)O. The maximum absolute atomic E-state index is 11.6.